The number of rotatable bonds is 16. The minimum absolute atomic E-state index is 0.309. The molecule has 0 bridgehead atoms. The molecular weight excluding hydrogens is 846 g/mol. The lowest BCUT2D eigenvalue weighted by Gasteiger charge is -2.50. The summed E-state index contributed by atoms with van der Waals surface area (Å²) in [5.41, 5.74) is 4.96. The molecular formula is C36H65NO25. The van der Waals surface area contributed by atoms with Crippen LogP contribution in [0.1, 0.15) is 34.1 Å². The zero-order valence-corrected chi connectivity index (χ0v) is 34.4. The topological polar surface area (TPSA) is 422 Å². The van der Waals surface area contributed by atoms with Gasteiger partial charge in [0.2, 0.25) is 0 Å². The van der Waals surface area contributed by atoms with Crippen molar-refractivity contribution in [2.24, 2.45) is 5.73 Å². The highest BCUT2D eigenvalue weighted by molar-refractivity contribution is 4.99. The fourth-order valence-corrected chi connectivity index (χ4v) is 8.16. The molecule has 5 fully saturated rings. The number of ether oxygens (including phenoxy) is 10. The molecule has 0 saturated carbocycles. The van der Waals surface area contributed by atoms with E-state index in [2.05, 4.69) is 0 Å². The van der Waals surface area contributed by atoms with E-state index in [-0.39, 0.29) is 6.04 Å². The van der Waals surface area contributed by atoms with Crippen LogP contribution in [0, 0.1) is 0 Å². The lowest BCUT2D eigenvalue weighted by Crippen LogP contribution is -2.68. The van der Waals surface area contributed by atoms with Gasteiger partial charge >= 0.3 is 0 Å². The van der Waals surface area contributed by atoms with Gasteiger partial charge in [-0.3, -0.25) is 0 Å². The second-order valence-corrected chi connectivity index (χ2v) is 17.0. The molecule has 26 nitrogen and oxygen atoms in total. The van der Waals surface area contributed by atoms with Crippen LogP contribution < -0.4 is 5.73 Å². The lowest BCUT2D eigenvalue weighted by molar-refractivity contribution is -0.399. The summed E-state index contributed by atoms with van der Waals surface area (Å²) in [6.07, 6.45) is -44.6. The van der Waals surface area contributed by atoms with Gasteiger partial charge in [-0.25, -0.2) is 0 Å². The normalized spacial score (nSPS) is 50.0. The standard InChI is InChI=1S/C36H65NO25/c1-10(37)5-36(3,4)62-34-26(52)29(20(46)15(9-41)56-34)59-32-24(50)27(16(42)11(2)53-32)58-33-25(51)28(19(45)14(8-40)55-33)60-35-30(22(48)18(44)13(7-39)57-35)61-31-23(49)21(47)17(43)12(6-38)54-31/h10-35,38-52H,5-9,37H2,1-4H3. The summed E-state index contributed by atoms with van der Waals surface area (Å²) in [5, 5.41) is 160. The van der Waals surface area contributed by atoms with Crippen molar-refractivity contribution in [3.63, 3.8) is 0 Å². The molecule has 26 heteroatoms. The molecule has 5 aliphatic rings. The van der Waals surface area contributed by atoms with E-state index < -0.39 is 186 Å². The van der Waals surface area contributed by atoms with E-state index in [1.807, 2.05) is 0 Å². The maximum Gasteiger partial charge on any atom is 0.187 e. The van der Waals surface area contributed by atoms with Crippen LogP contribution in [-0.4, -0.2) is 268 Å². The molecule has 5 rings (SSSR count). The average molecular weight is 912 g/mol. The predicted molar refractivity (Wildman–Crippen MR) is 196 cm³/mol. The molecule has 0 aliphatic carbocycles. The van der Waals surface area contributed by atoms with Crippen molar-refractivity contribution in [2.75, 3.05) is 26.4 Å². The summed E-state index contributed by atoms with van der Waals surface area (Å²) in [4.78, 5) is 0. The Hall–Kier alpha value is -1.04. The van der Waals surface area contributed by atoms with Crippen LogP contribution in [0.4, 0.5) is 0 Å². The first kappa shape index (κ1) is 51.9. The second-order valence-electron chi connectivity index (χ2n) is 17.0. The van der Waals surface area contributed by atoms with Crippen LogP contribution in [0.25, 0.3) is 0 Å². The molecule has 17 N–H and O–H groups in total. The van der Waals surface area contributed by atoms with Crippen molar-refractivity contribution in [1.29, 1.82) is 0 Å². The number of hydrogen-bond donors (Lipinski definition) is 16. The van der Waals surface area contributed by atoms with E-state index >= 15 is 0 Å². The molecule has 0 spiro atoms. The van der Waals surface area contributed by atoms with Crippen LogP contribution in [0.15, 0.2) is 0 Å². The Morgan fingerprint density at radius 1 is 0.435 bits per heavy atom. The second kappa shape index (κ2) is 21.7. The Morgan fingerprint density at radius 2 is 0.790 bits per heavy atom. The van der Waals surface area contributed by atoms with Gasteiger partial charge in [0, 0.05) is 6.04 Å². The van der Waals surface area contributed by atoms with E-state index in [0.29, 0.717) is 6.42 Å². The molecule has 5 saturated heterocycles. The highest BCUT2D eigenvalue weighted by Gasteiger charge is 2.57. The van der Waals surface area contributed by atoms with Crippen molar-refractivity contribution in [2.45, 2.75) is 199 Å². The van der Waals surface area contributed by atoms with Gasteiger partial charge in [-0.15, -0.1) is 0 Å². The Kier molecular flexibility index (Phi) is 18.2. The maximum absolute atomic E-state index is 11.6. The summed E-state index contributed by atoms with van der Waals surface area (Å²) in [6.45, 7) is 2.95. The molecule has 26 unspecified atom stereocenters. The van der Waals surface area contributed by atoms with Crippen molar-refractivity contribution in [3.05, 3.63) is 0 Å². The average Bonchev–Trinajstić information content (AvgIpc) is 3.22. The lowest BCUT2D eigenvalue weighted by atomic mass is 9.95. The van der Waals surface area contributed by atoms with Gasteiger partial charge in [0.25, 0.3) is 0 Å². The molecule has 0 amide bonds. The summed E-state index contributed by atoms with van der Waals surface area (Å²) >= 11 is 0. The van der Waals surface area contributed by atoms with Gasteiger partial charge in [0.15, 0.2) is 31.5 Å². The Bertz CT molecular complexity index is 1370. The van der Waals surface area contributed by atoms with Crippen molar-refractivity contribution < 1.29 is 124 Å². The van der Waals surface area contributed by atoms with Crippen LogP contribution in [-0.2, 0) is 47.4 Å². The molecule has 62 heavy (non-hydrogen) atoms. The molecule has 0 aromatic heterocycles. The first-order chi connectivity index (χ1) is 29.1. The number of aliphatic hydroxyl groups excluding tert-OH is 15. The Labute approximate surface area is 355 Å². The third kappa shape index (κ3) is 11.2. The predicted octanol–water partition coefficient (Wildman–Crippen LogP) is -9.36. The summed E-state index contributed by atoms with van der Waals surface area (Å²) in [7, 11) is 0. The van der Waals surface area contributed by atoms with Gasteiger partial charge in [0.1, 0.15) is 116 Å². The van der Waals surface area contributed by atoms with Gasteiger partial charge in [-0.1, -0.05) is 0 Å². The van der Waals surface area contributed by atoms with Gasteiger partial charge < -0.3 is 130 Å². The molecule has 0 aromatic rings. The fourth-order valence-electron chi connectivity index (χ4n) is 8.16. The smallest absolute Gasteiger partial charge is 0.187 e. The quantitative estimate of drug-likeness (QED) is 0.0683. The SMILES string of the molecule is CC(N)CC(C)(C)OC1OC(CO)C(O)C(OC2OC(C)C(O)C(OC3OC(CO)C(O)C(OC4OC(CO)C(O)C(O)C4OC4OC(CO)C(O)C(O)C4O)C3O)C2O)C1O. The van der Waals surface area contributed by atoms with Crippen LogP contribution in [0.3, 0.4) is 0 Å². The van der Waals surface area contributed by atoms with E-state index in [1.165, 1.54) is 6.92 Å². The Morgan fingerprint density at radius 3 is 1.27 bits per heavy atom. The Balaban J connectivity index is 1.35. The number of nitrogens with two attached hydrogens (primary N) is 1. The number of hydrogen-bond acceptors (Lipinski definition) is 26. The van der Waals surface area contributed by atoms with Crippen molar-refractivity contribution in [1.82, 2.24) is 0 Å². The van der Waals surface area contributed by atoms with E-state index in [9.17, 15) is 76.6 Å². The molecule has 364 valence electrons. The van der Waals surface area contributed by atoms with Gasteiger partial charge in [-0.2, -0.15) is 0 Å². The minimum atomic E-state index is -2.14. The zero-order valence-electron chi connectivity index (χ0n) is 34.4. The third-order valence-electron chi connectivity index (χ3n) is 11.5. The van der Waals surface area contributed by atoms with Crippen LogP contribution >= 0.6 is 0 Å². The first-order valence-electron chi connectivity index (χ1n) is 20.3. The molecule has 5 aliphatic heterocycles. The summed E-state index contributed by atoms with van der Waals surface area (Å²) in [6, 6.07) is -0.325. The van der Waals surface area contributed by atoms with Gasteiger partial charge in [0.05, 0.1) is 38.1 Å². The van der Waals surface area contributed by atoms with Crippen molar-refractivity contribution in [3.8, 4) is 0 Å². The summed E-state index contributed by atoms with van der Waals surface area (Å²) < 4.78 is 57.1. The fraction of sp³-hybridized carbons (Fsp3) is 1.00. The van der Waals surface area contributed by atoms with E-state index in [4.69, 9.17) is 53.1 Å². The van der Waals surface area contributed by atoms with Gasteiger partial charge in [-0.05, 0) is 34.1 Å². The highest BCUT2D eigenvalue weighted by Crippen LogP contribution is 2.37. The van der Waals surface area contributed by atoms with E-state index in [0.717, 1.165) is 0 Å². The monoisotopic (exact) mass is 911 g/mol. The van der Waals surface area contributed by atoms with Crippen molar-refractivity contribution >= 4 is 0 Å². The zero-order chi connectivity index (χ0) is 46.1. The number of aliphatic hydroxyl groups is 15. The maximum atomic E-state index is 11.6. The molecule has 26 atom stereocenters. The largest absolute Gasteiger partial charge is 0.394 e. The van der Waals surface area contributed by atoms with Crippen LogP contribution in [0.5, 0.6) is 0 Å². The molecule has 0 radical (unpaired) electrons. The van der Waals surface area contributed by atoms with E-state index in [1.54, 1.807) is 20.8 Å². The first-order valence-corrected chi connectivity index (χ1v) is 20.3. The highest BCUT2D eigenvalue weighted by atomic mass is 16.8. The minimum Gasteiger partial charge on any atom is -0.394 e. The molecule has 0 aromatic carbocycles. The van der Waals surface area contributed by atoms with Crippen LogP contribution in [0.2, 0.25) is 0 Å². The molecule has 5 heterocycles. The summed E-state index contributed by atoms with van der Waals surface area (Å²) in [5.74, 6) is 0. The third-order valence-corrected chi connectivity index (χ3v) is 11.5.